The molecule has 3 aromatic carbocycles. The minimum absolute atomic E-state index is 0.0702. The summed E-state index contributed by atoms with van der Waals surface area (Å²) < 4.78 is 0. The van der Waals surface area contributed by atoms with Crippen LogP contribution in [-0.2, 0) is 6.42 Å². The van der Waals surface area contributed by atoms with E-state index >= 15 is 0 Å². The van der Waals surface area contributed by atoms with Crippen LogP contribution < -0.4 is 0 Å². The highest BCUT2D eigenvalue weighted by molar-refractivity contribution is 6.13. The molecular formula is C20H14O. The van der Waals surface area contributed by atoms with Crippen molar-refractivity contribution in [1.29, 1.82) is 0 Å². The zero-order valence-electron chi connectivity index (χ0n) is 11.5. The Balaban J connectivity index is 1.98. The van der Waals surface area contributed by atoms with E-state index < -0.39 is 0 Å². The molecule has 4 rings (SSSR count). The van der Waals surface area contributed by atoms with Crippen LogP contribution >= 0.6 is 0 Å². The molecule has 100 valence electrons. The number of hydrogen-bond acceptors (Lipinski definition) is 1. The van der Waals surface area contributed by atoms with Gasteiger partial charge in [-0.15, -0.1) is 0 Å². The van der Waals surface area contributed by atoms with Gasteiger partial charge >= 0.3 is 0 Å². The lowest BCUT2D eigenvalue weighted by atomic mass is 9.96. The highest BCUT2D eigenvalue weighted by Gasteiger charge is 2.28. The van der Waals surface area contributed by atoms with E-state index in [0.717, 1.165) is 33.0 Å². The van der Waals surface area contributed by atoms with E-state index in [4.69, 9.17) is 6.92 Å². The lowest BCUT2D eigenvalue weighted by Crippen LogP contribution is -2.03. The zero-order chi connectivity index (χ0) is 14.4. The van der Waals surface area contributed by atoms with Gasteiger partial charge in [-0.25, -0.2) is 0 Å². The summed E-state index contributed by atoms with van der Waals surface area (Å²) in [5.74, 6) is -0.313. The third kappa shape index (κ3) is 1.89. The van der Waals surface area contributed by atoms with Crippen molar-refractivity contribution in [3.63, 3.8) is 0 Å². The normalized spacial score (nSPS) is 17.2. The molecular weight excluding hydrogens is 256 g/mol. The van der Waals surface area contributed by atoms with Crippen LogP contribution in [0.2, 0.25) is 0 Å². The fourth-order valence-electron chi connectivity index (χ4n) is 3.15. The molecule has 0 aliphatic heterocycles. The highest BCUT2D eigenvalue weighted by atomic mass is 16.1. The van der Waals surface area contributed by atoms with Gasteiger partial charge in [0.2, 0.25) is 0 Å². The van der Waals surface area contributed by atoms with Crippen molar-refractivity contribution in [1.82, 2.24) is 0 Å². The third-order valence-corrected chi connectivity index (χ3v) is 4.24. The summed E-state index contributed by atoms with van der Waals surface area (Å²) in [6, 6.07) is 20.6. The number of ketones is 1. The standard InChI is InChI=1S/C20H14O/c1-13-11-17-10-8-15-7-9-16(14-5-3-2-4-6-14)12-18(15)19(17)20(13)21/h1-10,12-13H,11H2. The number of Topliss-reactive ketones (excluding diaryl/α,β-unsaturated/α-hetero) is 1. The van der Waals surface area contributed by atoms with Gasteiger partial charge in [0, 0.05) is 11.5 Å². The van der Waals surface area contributed by atoms with Crippen molar-refractivity contribution in [2.75, 3.05) is 0 Å². The molecule has 0 aromatic heterocycles. The second-order valence-electron chi connectivity index (χ2n) is 5.58. The highest BCUT2D eigenvalue weighted by Crippen LogP contribution is 2.34. The molecule has 0 bridgehead atoms. The molecule has 0 fully saturated rings. The van der Waals surface area contributed by atoms with Crippen molar-refractivity contribution >= 4 is 16.6 Å². The number of benzene rings is 3. The fraction of sp³-hybridized carbons (Fsp3) is 0.100. The number of hydrogen-bond donors (Lipinski definition) is 0. The summed E-state index contributed by atoms with van der Waals surface area (Å²) in [7, 11) is 0. The first-order valence-corrected chi connectivity index (χ1v) is 7.15. The van der Waals surface area contributed by atoms with Crippen LogP contribution in [-0.4, -0.2) is 5.78 Å². The molecule has 3 aromatic rings. The number of fused-ring (bicyclic) bond motifs is 3. The first-order chi connectivity index (χ1) is 10.2. The van der Waals surface area contributed by atoms with Crippen LogP contribution in [0.4, 0.5) is 0 Å². The molecule has 2 radical (unpaired) electrons. The molecule has 1 nitrogen and oxygen atoms in total. The van der Waals surface area contributed by atoms with E-state index in [0.29, 0.717) is 6.42 Å². The van der Waals surface area contributed by atoms with Crippen LogP contribution in [0, 0.1) is 12.8 Å². The molecule has 0 saturated carbocycles. The molecule has 1 heteroatoms. The minimum Gasteiger partial charge on any atom is -0.294 e. The number of carbonyl (C=O) groups is 1. The van der Waals surface area contributed by atoms with Gasteiger partial charge < -0.3 is 0 Å². The molecule has 21 heavy (non-hydrogen) atoms. The predicted molar refractivity (Wildman–Crippen MR) is 85.2 cm³/mol. The van der Waals surface area contributed by atoms with Crippen LogP contribution in [0.1, 0.15) is 15.9 Å². The average molecular weight is 270 g/mol. The van der Waals surface area contributed by atoms with Crippen LogP contribution in [0.25, 0.3) is 21.9 Å². The summed E-state index contributed by atoms with van der Waals surface area (Å²) in [5.41, 5.74) is 4.18. The molecule has 1 aliphatic carbocycles. The van der Waals surface area contributed by atoms with Crippen LogP contribution in [0.3, 0.4) is 0 Å². The van der Waals surface area contributed by atoms with Gasteiger partial charge in [0.25, 0.3) is 0 Å². The second-order valence-corrected chi connectivity index (χ2v) is 5.58. The molecule has 1 aliphatic rings. The molecule has 0 N–H and O–H groups in total. The van der Waals surface area contributed by atoms with Gasteiger partial charge in [0.1, 0.15) is 0 Å². The third-order valence-electron chi connectivity index (χ3n) is 4.24. The summed E-state index contributed by atoms with van der Waals surface area (Å²) in [6.07, 6.45) is 0.652. The molecule has 1 atom stereocenters. The lowest BCUT2D eigenvalue weighted by Gasteiger charge is -2.08. The Hall–Kier alpha value is -2.41. The SMILES string of the molecule is [CH]C1Cc2ccc3ccc(-c4ccccc4)cc3c2C1=O. The Morgan fingerprint density at radius 2 is 1.67 bits per heavy atom. The summed E-state index contributed by atoms with van der Waals surface area (Å²) >= 11 is 0. The topological polar surface area (TPSA) is 17.1 Å². The molecule has 0 saturated heterocycles. The fourth-order valence-corrected chi connectivity index (χ4v) is 3.15. The summed E-state index contributed by atoms with van der Waals surface area (Å²) in [4.78, 5) is 12.3. The smallest absolute Gasteiger partial charge is 0.167 e. The summed E-state index contributed by atoms with van der Waals surface area (Å²) in [6.45, 7) is 5.92. The predicted octanol–water partition coefficient (Wildman–Crippen LogP) is 4.57. The van der Waals surface area contributed by atoms with Gasteiger partial charge in [-0.2, -0.15) is 0 Å². The first-order valence-electron chi connectivity index (χ1n) is 7.15. The number of rotatable bonds is 1. The maximum Gasteiger partial charge on any atom is 0.167 e. The van der Waals surface area contributed by atoms with E-state index in [-0.39, 0.29) is 11.7 Å². The van der Waals surface area contributed by atoms with E-state index in [1.54, 1.807) is 0 Å². The van der Waals surface area contributed by atoms with Crippen LogP contribution in [0.15, 0.2) is 60.7 Å². The van der Waals surface area contributed by atoms with Gasteiger partial charge in [0.05, 0.1) is 0 Å². The Bertz CT molecular complexity index is 846. The van der Waals surface area contributed by atoms with Gasteiger partial charge in [-0.3, -0.25) is 4.79 Å². The Morgan fingerprint density at radius 3 is 2.48 bits per heavy atom. The van der Waals surface area contributed by atoms with Gasteiger partial charge in [0.15, 0.2) is 5.78 Å². The molecule has 0 heterocycles. The quantitative estimate of drug-likeness (QED) is 0.633. The van der Waals surface area contributed by atoms with E-state index in [1.807, 2.05) is 24.3 Å². The maximum atomic E-state index is 12.3. The van der Waals surface area contributed by atoms with E-state index in [1.165, 1.54) is 0 Å². The minimum atomic E-state index is -0.383. The van der Waals surface area contributed by atoms with Crippen molar-refractivity contribution in [3.8, 4) is 11.1 Å². The van der Waals surface area contributed by atoms with Crippen molar-refractivity contribution in [3.05, 3.63) is 78.7 Å². The van der Waals surface area contributed by atoms with Crippen molar-refractivity contribution in [2.24, 2.45) is 5.92 Å². The first kappa shape index (κ1) is 12.3. The average Bonchev–Trinajstić information content (AvgIpc) is 2.83. The van der Waals surface area contributed by atoms with Crippen LogP contribution in [0.5, 0.6) is 0 Å². The Kier molecular flexibility index (Phi) is 2.68. The molecule has 0 spiro atoms. The monoisotopic (exact) mass is 270 g/mol. The summed E-state index contributed by atoms with van der Waals surface area (Å²) in [5, 5.41) is 2.11. The number of carbonyl (C=O) groups excluding carboxylic acids is 1. The van der Waals surface area contributed by atoms with E-state index in [9.17, 15) is 4.79 Å². The van der Waals surface area contributed by atoms with Gasteiger partial charge in [-0.1, -0.05) is 54.6 Å². The zero-order valence-corrected chi connectivity index (χ0v) is 11.5. The molecule has 0 amide bonds. The largest absolute Gasteiger partial charge is 0.294 e. The van der Waals surface area contributed by atoms with E-state index in [2.05, 4.69) is 36.4 Å². The lowest BCUT2D eigenvalue weighted by molar-refractivity contribution is 0.0960. The maximum absolute atomic E-state index is 12.3. The Labute approximate surface area is 124 Å². The Morgan fingerprint density at radius 1 is 0.905 bits per heavy atom. The second kappa shape index (κ2) is 4.56. The van der Waals surface area contributed by atoms with Gasteiger partial charge in [-0.05, 0) is 46.9 Å². The van der Waals surface area contributed by atoms with Crippen molar-refractivity contribution in [2.45, 2.75) is 6.42 Å². The van der Waals surface area contributed by atoms with Crippen molar-refractivity contribution < 1.29 is 4.79 Å². The molecule has 1 unspecified atom stereocenters.